The van der Waals surface area contributed by atoms with Gasteiger partial charge in [0.2, 0.25) is 5.95 Å². The fourth-order valence-corrected chi connectivity index (χ4v) is 1.26. The largest absolute Gasteiger partial charge is 0.392 e. The minimum Gasteiger partial charge on any atom is -0.392 e. The summed E-state index contributed by atoms with van der Waals surface area (Å²) in [5.74, 6) is 0.994. The zero-order valence-corrected chi connectivity index (χ0v) is 8.73. The first-order valence-corrected chi connectivity index (χ1v) is 4.49. The van der Waals surface area contributed by atoms with Crippen LogP contribution in [-0.2, 0) is 0 Å². The van der Waals surface area contributed by atoms with Crippen LogP contribution in [-0.4, -0.2) is 34.8 Å². The predicted molar refractivity (Wildman–Crippen MR) is 56.1 cm³/mol. The SMILES string of the molecule is Cc1cc(N(C)C[C@H](C)O)nc(N)n1. The van der Waals surface area contributed by atoms with E-state index in [9.17, 15) is 5.11 Å². The van der Waals surface area contributed by atoms with Crippen LogP contribution in [0.3, 0.4) is 0 Å². The summed E-state index contributed by atoms with van der Waals surface area (Å²) >= 11 is 0. The molecule has 0 unspecified atom stereocenters. The lowest BCUT2D eigenvalue weighted by Crippen LogP contribution is -2.28. The Bertz CT molecular complexity index is 293. The Morgan fingerprint density at radius 1 is 1.57 bits per heavy atom. The molecule has 3 N–H and O–H groups in total. The topological polar surface area (TPSA) is 75.3 Å². The van der Waals surface area contributed by atoms with Gasteiger partial charge < -0.3 is 15.7 Å². The summed E-state index contributed by atoms with van der Waals surface area (Å²) < 4.78 is 0. The number of aliphatic hydroxyl groups is 1. The van der Waals surface area contributed by atoms with Crippen molar-refractivity contribution in [3.8, 4) is 0 Å². The Labute approximate surface area is 83.6 Å². The van der Waals surface area contributed by atoms with Crippen molar-refractivity contribution in [3.05, 3.63) is 11.8 Å². The lowest BCUT2D eigenvalue weighted by atomic mass is 10.3. The van der Waals surface area contributed by atoms with E-state index in [1.807, 2.05) is 24.9 Å². The Hall–Kier alpha value is -1.36. The Morgan fingerprint density at radius 3 is 2.71 bits per heavy atom. The lowest BCUT2D eigenvalue weighted by Gasteiger charge is -2.19. The molecule has 0 saturated carbocycles. The van der Waals surface area contributed by atoms with Crippen molar-refractivity contribution in [2.24, 2.45) is 0 Å². The Balaban J connectivity index is 2.84. The van der Waals surface area contributed by atoms with Crippen molar-refractivity contribution < 1.29 is 5.11 Å². The molecule has 0 fully saturated rings. The van der Waals surface area contributed by atoms with E-state index >= 15 is 0 Å². The van der Waals surface area contributed by atoms with Crippen molar-refractivity contribution in [1.29, 1.82) is 0 Å². The summed E-state index contributed by atoms with van der Waals surface area (Å²) in [6, 6.07) is 1.83. The van der Waals surface area contributed by atoms with Gasteiger partial charge in [0.25, 0.3) is 0 Å². The van der Waals surface area contributed by atoms with Crippen LogP contribution in [0.1, 0.15) is 12.6 Å². The standard InChI is InChI=1S/C9H16N4O/c1-6-4-8(12-9(10)11-6)13(3)5-7(2)14/h4,7,14H,5H2,1-3H3,(H2,10,11,12)/t7-/m0/s1. The quantitative estimate of drug-likeness (QED) is 0.721. The smallest absolute Gasteiger partial charge is 0.222 e. The highest BCUT2D eigenvalue weighted by Crippen LogP contribution is 2.11. The molecule has 0 aliphatic carbocycles. The highest BCUT2D eigenvalue weighted by molar-refractivity contribution is 5.42. The fraction of sp³-hybridized carbons (Fsp3) is 0.556. The molecule has 0 aliphatic heterocycles. The molecule has 5 heteroatoms. The Kier molecular flexibility index (Phi) is 3.24. The number of aryl methyl sites for hydroxylation is 1. The van der Waals surface area contributed by atoms with Gasteiger partial charge in [0.15, 0.2) is 0 Å². The molecule has 1 rings (SSSR count). The van der Waals surface area contributed by atoms with Crippen LogP contribution in [0.2, 0.25) is 0 Å². The molecular formula is C9H16N4O. The Morgan fingerprint density at radius 2 is 2.21 bits per heavy atom. The van der Waals surface area contributed by atoms with Crippen LogP contribution >= 0.6 is 0 Å². The van der Waals surface area contributed by atoms with Gasteiger partial charge in [-0.25, -0.2) is 4.98 Å². The molecule has 5 nitrogen and oxygen atoms in total. The fourth-order valence-electron chi connectivity index (χ4n) is 1.26. The molecule has 1 aromatic heterocycles. The molecule has 0 radical (unpaired) electrons. The number of hydrogen-bond donors (Lipinski definition) is 2. The van der Waals surface area contributed by atoms with Crippen LogP contribution in [0.25, 0.3) is 0 Å². The second kappa shape index (κ2) is 4.23. The molecule has 0 bridgehead atoms. The third-order valence-corrected chi connectivity index (χ3v) is 1.79. The molecular weight excluding hydrogens is 180 g/mol. The van der Waals surface area contributed by atoms with Gasteiger partial charge in [-0.05, 0) is 13.8 Å². The van der Waals surface area contributed by atoms with E-state index in [4.69, 9.17) is 5.73 Å². The number of hydrogen-bond acceptors (Lipinski definition) is 5. The van der Waals surface area contributed by atoms with Gasteiger partial charge in [-0.15, -0.1) is 0 Å². The maximum Gasteiger partial charge on any atom is 0.222 e. The maximum atomic E-state index is 9.21. The monoisotopic (exact) mass is 196 g/mol. The van der Waals surface area contributed by atoms with Crippen LogP contribution in [0.15, 0.2) is 6.07 Å². The second-order valence-corrected chi connectivity index (χ2v) is 3.46. The van der Waals surface area contributed by atoms with E-state index in [1.54, 1.807) is 6.92 Å². The molecule has 78 valence electrons. The first-order chi connectivity index (χ1) is 6.49. The van der Waals surface area contributed by atoms with Crippen LogP contribution < -0.4 is 10.6 Å². The molecule has 0 amide bonds. The third kappa shape index (κ3) is 2.85. The van der Waals surface area contributed by atoms with Crippen molar-refractivity contribution in [2.45, 2.75) is 20.0 Å². The van der Waals surface area contributed by atoms with Crippen molar-refractivity contribution >= 4 is 11.8 Å². The first-order valence-electron chi connectivity index (χ1n) is 4.49. The van der Waals surface area contributed by atoms with Gasteiger partial charge in [-0.1, -0.05) is 0 Å². The summed E-state index contributed by atoms with van der Waals surface area (Å²) in [5.41, 5.74) is 6.34. The zero-order chi connectivity index (χ0) is 10.7. The lowest BCUT2D eigenvalue weighted by molar-refractivity contribution is 0.201. The number of aliphatic hydroxyl groups excluding tert-OH is 1. The molecule has 0 aromatic carbocycles. The third-order valence-electron chi connectivity index (χ3n) is 1.79. The summed E-state index contributed by atoms with van der Waals surface area (Å²) in [5, 5.41) is 9.21. The van der Waals surface area contributed by atoms with Crippen LogP contribution in [0.5, 0.6) is 0 Å². The summed E-state index contributed by atoms with van der Waals surface area (Å²) in [7, 11) is 1.86. The molecule has 14 heavy (non-hydrogen) atoms. The van der Waals surface area contributed by atoms with Gasteiger partial charge >= 0.3 is 0 Å². The highest BCUT2D eigenvalue weighted by Gasteiger charge is 2.07. The van der Waals surface area contributed by atoms with E-state index in [0.717, 1.165) is 11.5 Å². The highest BCUT2D eigenvalue weighted by atomic mass is 16.3. The molecule has 0 spiro atoms. The maximum absolute atomic E-state index is 9.21. The molecule has 1 aromatic rings. The minimum atomic E-state index is -0.392. The number of nitrogens with two attached hydrogens (primary N) is 1. The molecule has 1 atom stereocenters. The number of likely N-dealkylation sites (N-methyl/N-ethyl adjacent to an activating group) is 1. The van der Waals surface area contributed by atoms with Gasteiger partial charge in [0, 0.05) is 25.4 Å². The van der Waals surface area contributed by atoms with Crippen LogP contribution in [0, 0.1) is 6.92 Å². The van der Waals surface area contributed by atoms with E-state index in [2.05, 4.69) is 9.97 Å². The second-order valence-electron chi connectivity index (χ2n) is 3.46. The minimum absolute atomic E-state index is 0.262. The van der Waals surface area contributed by atoms with Gasteiger partial charge in [-0.2, -0.15) is 4.98 Å². The average Bonchev–Trinajstić information content (AvgIpc) is 2.00. The van der Waals surface area contributed by atoms with Gasteiger partial charge in [0.05, 0.1) is 6.10 Å². The van der Waals surface area contributed by atoms with Crippen molar-refractivity contribution in [3.63, 3.8) is 0 Å². The van der Waals surface area contributed by atoms with E-state index < -0.39 is 6.10 Å². The molecule has 0 saturated heterocycles. The normalized spacial score (nSPS) is 12.6. The number of anilines is 2. The van der Waals surface area contributed by atoms with Crippen molar-refractivity contribution in [2.75, 3.05) is 24.2 Å². The summed E-state index contributed by atoms with van der Waals surface area (Å²) in [6.45, 7) is 4.11. The number of aromatic nitrogens is 2. The zero-order valence-electron chi connectivity index (χ0n) is 8.73. The summed E-state index contributed by atoms with van der Waals surface area (Å²) in [6.07, 6.45) is -0.392. The number of rotatable bonds is 3. The summed E-state index contributed by atoms with van der Waals surface area (Å²) in [4.78, 5) is 9.88. The number of nitrogens with zero attached hydrogens (tertiary/aromatic N) is 3. The molecule has 1 heterocycles. The average molecular weight is 196 g/mol. The predicted octanol–water partition coefficient (Wildman–Crippen LogP) is 0.184. The first kappa shape index (κ1) is 10.7. The van der Waals surface area contributed by atoms with E-state index in [0.29, 0.717) is 6.54 Å². The molecule has 0 aliphatic rings. The van der Waals surface area contributed by atoms with Crippen molar-refractivity contribution in [1.82, 2.24) is 9.97 Å². The van der Waals surface area contributed by atoms with E-state index in [-0.39, 0.29) is 5.95 Å². The van der Waals surface area contributed by atoms with E-state index in [1.165, 1.54) is 0 Å². The van der Waals surface area contributed by atoms with Crippen LogP contribution in [0.4, 0.5) is 11.8 Å². The van der Waals surface area contributed by atoms with Gasteiger partial charge in [0.1, 0.15) is 5.82 Å². The number of nitrogen functional groups attached to an aromatic ring is 1. The van der Waals surface area contributed by atoms with Gasteiger partial charge in [-0.3, -0.25) is 0 Å².